The van der Waals surface area contributed by atoms with Crippen LogP contribution in [0.4, 0.5) is 11.4 Å². The van der Waals surface area contributed by atoms with Crippen molar-refractivity contribution in [2.75, 3.05) is 5.32 Å². The van der Waals surface area contributed by atoms with E-state index in [9.17, 15) is 24.5 Å². The fraction of sp³-hybridized carbons (Fsp3) is 0. The van der Waals surface area contributed by atoms with Crippen molar-refractivity contribution >= 4 is 47.0 Å². The summed E-state index contributed by atoms with van der Waals surface area (Å²) >= 11 is 5.83. The van der Waals surface area contributed by atoms with Crippen LogP contribution in [0.15, 0.2) is 94.6 Å². The second kappa shape index (κ2) is 11.6. The number of esters is 1. The number of nitro groups is 1. The molecule has 0 fully saturated rings. The number of hydrogen-bond donors (Lipinski definition) is 2. The number of hydrogen-bond acceptors (Lipinski definition) is 8. The summed E-state index contributed by atoms with van der Waals surface area (Å²) in [5.41, 5.74) is 3.21. The van der Waals surface area contributed by atoms with E-state index in [2.05, 4.69) is 15.8 Å². The number of carbonyl (C=O) groups excluding carboxylic acids is 3. The Morgan fingerprint density at radius 3 is 2.29 bits per heavy atom. The first-order chi connectivity index (χ1) is 18.3. The van der Waals surface area contributed by atoms with Gasteiger partial charge in [0.2, 0.25) is 5.76 Å². The Bertz CT molecular complexity index is 1520. The van der Waals surface area contributed by atoms with Crippen LogP contribution in [0.2, 0.25) is 5.02 Å². The molecule has 0 spiro atoms. The molecule has 0 aliphatic carbocycles. The predicted molar refractivity (Wildman–Crippen MR) is 138 cm³/mol. The number of carbonyl (C=O) groups is 3. The minimum Gasteiger partial charge on any atom is -0.457 e. The molecule has 0 aliphatic heterocycles. The second-order valence-corrected chi connectivity index (χ2v) is 8.02. The van der Waals surface area contributed by atoms with Gasteiger partial charge in [-0.2, -0.15) is 5.10 Å². The maximum atomic E-state index is 12.5. The molecule has 190 valence electrons. The molecule has 0 saturated carbocycles. The summed E-state index contributed by atoms with van der Waals surface area (Å²) in [6.45, 7) is 0. The van der Waals surface area contributed by atoms with Crippen LogP contribution in [0, 0.1) is 10.1 Å². The third-order valence-electron chi connectivity index (χ3n) is 5.01. The molecule has 0 atom stereocenters. The monoisotopic (exact) mass is 532 g/mol. The Hall–Kier alpha value is -5.29. The van der Waals surface area contributed by atoms with Crippen LogP contribution in [-0.4, -0.2) is 28.9 Å². The van der Waals surface area contributed by atoms with Gasteiger partial charge in [-0.15, -0.1) is 0 Å². The molecule has 0 aliphatic rings. The number of ether oxygens (including phenoxy) is 1. The van der Waals surface area contributed by atoms with E-state index in [1.54, 1.807) is 36.4 Å². The van der Waals surface area contributed by atoms with Crippen molar-refractivity contribution < 1.29 is 28.5 Å². The number of furan rings is 1. The summed E-state index contributed by atoms with van der Waals surface area (Å²) in [7, 11) is 0. The number of hydrazone groups is 1. The van der Waals surface area contributed by atoms with Crippen LogP contribution >= 0.6 is 11.6 Å². The molecule has 1 heterocycles. The normalized spacial score (nSPS) is 10.7. The maximum absolute atomic E-state index is 12.5. The van der Waals surface area contributed by atoms with Crippen molar-refractivity contribution in [1.82, 2.24) is 5.43 Å². The Labute approximate surface area is 219 Å². The largest absolute Gasteiger partial charge is 0.457 e. The second-order valence-electron chi connectivity index (χ2n) is 7.58. The van der Waals surface area contributed by atoms with Gasteiger partial charge in [-0.25, -0.2) is 10.2 Å². The quantitative estimate of drug-likeness (QED) is 0.105. The summed E-state index contributed by atoms with van der Waals surface area (Å²) in [6, 6.07) is 18.8. The van der Waals surface area contributed by atoms with Gasteiger partial charge in [-0.1, -0.05) is 11.6 Å². The van der Waals surface area contributed by atoms with Crippen LogP contribution in [0.25, 0.3) is 0 Å². The van der Waals surface area contributed by atoms with E-state index in [0.717, 1.165) is 18.3 Å². The van der Waals surface area contributed by atoms with Crippen LogP contribution in [0.3, 0.4) is 0 Å². The van der Waals surface area contributed by atoms with E-state index in [4.69, 9.17) is 20.8 Å². The van der Waals surface area contributed by atoms with Crippen molar-refractivity contribution in [3.8, 4) is 5.75 Å². The molecule has 0 bridgehead atoms. The number of rotatable bonds is 8. The van der Waals surface area contributed by atoms with Gasteiger partial charge in [0.1, 0.15) is 5.75 Å². The van der Waals surface area contributed by atoms with Crippen molar-refractivity contribution in [1.29, 1.82) is 0 Å². The first kappa shape index (κ1) is 25.8. The van der Waals surface area contributed by atoms with Gasteiger partial charge in [-0.05, 0) is 66.7 Å². The average Bonchev–Trinajstić information content (AvgIpc) is 3.45. The zero-order valence-electron chi connectivity index (χ0n) is 19.3. The first-order valence-corrected chi connectivity index (χ1v) is 11.2. The molecule has 0 radical (unpaired) electrons. The SMILES string of the molecule is O=C(N/N=C/c1cc([N+](=O)[O-])ccc1OC(=O)c1ccco1)c1ccc(NC(=O)c2ccc(Cl)cc2)cc1. The molecule has 11 nitrogen and oxygen atoms in total. The summed E-state index contributed by atoms with van der Waals surface area (Å²) in [6.07, 6.45) is 2.40. The number of nitro benzene ring substituents is 1. The summed E-state index contributed by atoms with van der Waals surface area (Å²) in [5.74, 6) is -1.84. The molecule has 0 unspecified atom stereocenters. The van der Waals surface area contributed by atoms with Gasteiger partial charge in [0, 0.05) is 39.5 Å². The molecule has 4 aromatic rings. The minimum atomic E-state index is -0.814. The van der Waals surface area contributed by atoms with Gasteiger partial charge >= 0.3 is 5.97 Å². The van der Waals surface area contributed by atoms with E-state index in [1.165, 1.54) is 36.6 Å². The summed E-state index contributed by atoms with van der Waals surface area (Å²) in [5, 5.41) is 18.2. The minimum absolute atomic E-state index is 0.0317. The van der Waals surface area contributed by atoms with Crippen molar-refractivity contribution in [3.05, 3.63) is 123 Å². The first-order valence-electron chi connectivity index (χ1n) is 10.8. The third-order valence-corrected chi connectivity index (χ3v) is 5.26. The molecule has 2 N–H and O–H groups in total. The Morgan fingerprint density at radius 2 is 1.63 bits per heavy atom. The lowest BCUT2D eigenvalue weighted by atomic mass is 10.1. The van der Waals surface area contributed by atoms with E-state index in [0.29, 0.717) is 16.3 Å². The topological polar surface area (TPSA) is 153 Å². The maximum Gasteiger partial charge on any atom is 0.379 e. The molecule has 12 heteroatoms. The van der Waals surface area contributed by atoms with Gasteiger partial charge in [0.05, 0.1) is 17.4 Å². The lowest BCUT2D eigenvalue weighted by molar-refractivity contribution is -0.384. The van der Waals surface area contributed by atoms with E-state index >= 15 is 0 Å². The van der Waals surface area contributed by atoms with Crippen molar-refractivity contribution in [2.24, 2.45) is 5.10 Å². The summed E-state index contributed by atoms with van der Waals surface area (Å²) < 4.78 is 10.2. The van der Waals surface area contributed by atoms with Crippen molar-refractivity contribution in [3.63, 3.8) is 0 Å². The van der Waals surface area contributed by atoms with Crippen LogP contribution in [-0.2, 0) is 0 Å². The summed E-state index contributed by atoms with van der Waals surface area (Å²) in [4.78, 5) is 47.5. The number of halogens is 1. The Morgan fingerprint density at radius 1 is 0.947 bits per heavy atom. The third kappa shape index (κ3) is 6.47. The highest BCUT2D eigenvalue weighted by Crippen LogP contribution is 2.24. The zero-order chi connectivity index (χ0) is 27.1. The fourth-order valence-corrected chi connectivity index (χ4v) is 3.25. The smallest absolute Gasteiger partial charge is 0.379 e. The Kier molecular flexibility index (Phi) is 7.89. The number of benzene rings is 3. The highest BCUT2D eigenvalue weighted by Gasteiger charge is 2.17. The number of anilines is 1. The van der Waals surface area contributed by atoms with E-state index in [-0.39, 0.29) is 34.2 Å². The van der Waals surface area contributed by atoms with Gasteiger partial charge in [0.25, 0.3) is 17.5 Å². The lowest BCUT2D eigenvalue weighted by Gasteiger charge is -2.07. The van der Waals surface area contributed by atoms with E-state index in [1.807, 2.05) is 0 Å². The predicted octanol–water partition coefficient (Wildman–Crippen LogP) is 5.08. The fourth-order valence-electron chi connectivity index (χ4n) is 3.12. The highest BCUT2D eigenvalue weighted by atomic mass is 35.5. The molecular formula is C26H17ClN4O7. The average molecular weight is 533 g/mol. The molecular weight excluding hydrogens is 516 g/mol. The van der Waals surface area contributed by atoms with Gasteiger partial charge in [0.15, 0.2) is 0 Å². The van der Waals surface area contributed by atoms with Crippen LogP contribution in [0.5, 0.6) is 5.75 Å². The molecule has 2 amide bonds. The molecule has 1 aromatic heterocycles. The van der Waals surface area contributed by atoms with E-state index < -0.39 is 16.8 Å². The van der Waals surface area contributed by atoms with Gasteiger partial charge in [-0.3, -0.25) is 19.7 Å². The molecule has 0 saturated heterocycles. The zero-order valence-corrected chi connectivity index (χ0v) is 20.0. The lowest BCUT2D eigenvalue weighted by Crippen LogP contribution is -2.18. The number of non-ortho nitro benzene ring substituents is 1. The van der Waals surface area contributed by atoms with Crippen LogP contribution in [0.1, 0.15) is 36.8 Å². The standard InChI is InChI=1S/C26H17ClN4O7/c27-19-7-3-16(4-8-19)24(32)29-20-9-5-17(6-10-20)25(33)30-28-15-18-14-21(31(35)36)11-12-22(18)38-26(34)23-2-1-13-37-23/h1-15H,(H,29,32)(H,30,33)/b28-15+. The number of nitrogens with one attached hydrogen (secondary N) is 2. The highest BCUT2D eigenvalue weighted by molar-refractivity contribution is 6.30. The number of nitrogens with zero attached hydrogens (tertiary/aromatic N) is 2. The molecule has 4 rings (SSSR count). The van der Waals surface area contributed by atoms with Gasteiger partial charge < -0.3 is 14.5 Å². The van der Waals surface area contributed by atoms with Crippen molar-refractivity contribution in [2.45, 2.75) is 0 Å². The Balaban J connectivity index is 1.42. The molecule has 38 heavy (non-hydrogen) atoms. The molecule has 3 aromatic carbocycles. The number of amides is 2. The van der Waals surface area contributed by atoms with Crippen LogP contribution < -0.4 is 15.5 Å².